The highest BCUT2D eigenvalue weighted by molar-refractivity contribution is 5.89. The Kier molecular flexibility index (Phi) is 3.66. The summed E-state index contributed by atoms with van der Waals surface area (Å²) in [7, 11) is 1.63. The zero-order chi connectivity index (χ0) is 14.0. The van der Waals surface area contributed by atoms with E-state index < -0.39 is 0 Å². The van der Waals surface area contributed by atoms with Gasteiger partial charge in [-0.2, -0.15) is 0 Å². The first-order valence-electron chi connectivity index (χ1n) is 7.49. The van der Waals surface area contributed by atoms with Crippen LogP contribution in [0.1, 0.15) is 24.8 Å². The highest BCUT2D eigenvalue weighted by Gasteiger charge is 2.39. The molecule has 0 radical (unpaired) electrons. The number of rotatable bonds is 3. The normalized spacial score (nSPS) is 28.1. The predicted octanol–water partition coefficient (Wildman–Crippen LogP) is 2.47. The number of anilines is 1. The van der Waals surface area contributed by atoms with Gasteiger partial charge in [0.15, 0.2) is 0 Å². The van der Waals surface area contributed by atoms with Gasteiger partial charge in [-0.15, -0.1) is 0 Å². The van der Waals surface area contributed by atoms with Crippen LogP contribution in [0.3, 0.4) is 0 Å². The van der Waals surface area contributed by atoms with Gasteiger partial charge in [0.25, 0.3) is 0 Å². The van der Waals surface area contributed by atoms with Gasteiger partial charge in [0.2, 0.25) is 0 Å². The number of hydrogen-bond donors (Lipinski definition) is 2. The molecule has 3 saturated heterocycles. The van der Waals surface area contributed by atoms with Crippen molar-refractivity contribution in [2.24, 2.45) is 5.41 Å². The van der Waals surface area contributed by atoms with Crippen LogP contribution in [-0.2, 0) is 6.42 Å². The zero-order valence-electron chi connectivity index (χ0n) is 12.1. The quantitative estimate of drug-likeness (QED) is 0.888. The molecule has 0 spiro atoms. The van der Waals surface area contributed by atoms with E-state index in [4.69, 9.17) is 0 Å². The number of nitrogens with zero attached hydrogens (tertiary/aromatic N) is 1. The molecule has 3 aliphatic rings. The zero-order valence-corrected chi connectivity index (χ0v) is 12.1. The molecule has 1 aromatic carbocycles. The average Bonchev–Trinajstić information content (AvgIpc) is 2.49. The van der Waals surface area contributed by atoms with Crippen LogP contribution in [-0.4, -0.2) is 37.6 Å². The van der Waals surface area contributed by atoms with E-state index in [1.807, 2.05) is 12.1 Å². The minimum Gasteiger partial charge on any atom is -0.341 e. The number of urea groups is 1. The number of amides is 2. The van der Waals surface area contributed by atoms with Gasteiger partial charge in [0.1, 0.15) is 0 Å². The Balaban J connectivity index is 1.70. The van der Waals surface area contributed by atoms with E-state index in [9.17, 15) is 4.79 Å². The van der Waals surface area contributed by atoms with E-state index in [0.717, 1.165) is 12.1 Å². The van der Waals surface area contributed by atoms with Gasteiger partial charge in [0.05, 0.1) is 0 Å². The van der Waals surface area contributed by atoms with Crippen molar-refractivity contribution < 1.29 is 4.79 Å². The van der Waals surface area contributed by atoms with Gasteiger partial charge >= 0.3 is 6.03 Å². The first-order valence-corrected chi connectivity index (χ1v) is 7.49. The number of nitrogens with one attached hydrogen (secondary N) is 2. The lowest BCUT2D eigenvalue weighted by Gasteiger charge is -2.48. The number of carbonyl (C=O) groups excluding carboxylic acids is 1. The van der Waals surface area contributed by atoms with Crippen LogP contribution in [0.2, 0.25) is 0 Å². The second-order valence-corrected chi connectivity index (χ2v) is 6.17. The van der Waals surface area contributed by atoms with Crippen LogP contribution < -0.4 is 10.6 Å². The molecule has 0 aromatic heterocycles. The Morgan fingerprint density at radius 2 is 1.95 bits per heavy atom. The van der Waals surface area contributed by atoms with Crippen molar-refractivity contribution in [1.29, 1.82) is 0 Å². The van der Waals surface area contributed by atoms with Gasteiger partial charge in [0, 0.05) is 12.7 Å². The molecule has 2 bridgehead atoms. The minimum absolute atomic E-state index is 0.161. The Bertz CT molecular complexity index is 478. The number of piperidine rings is 3. The second kappa shape index (κ2) is 5.44. The largest absolute Gasteiger partial charge is 0.341 e. The van der Waals surface area contributed by atoms with E-state index in [2.05, 4.69) is 27.7 Å². The maximum Gasteiger partial charge on any atom is 0.318 e. The molecule has 4 rings (SSSR count). The van der Waals surface area contributed by atoms with Crippen molar-refractivity contribution in [3.05, 3.63) is 29.8 Å². The number of fused-ring (bicyclic) bond motifs is 3. The average molecular weight is 273 g/mol. The molecule has 2 amide bonds. The second-order valence-electron chi connectivity index (χ2n) is 6.17. The smallest absolute Gasteiger partial charge is 0.318 e. The first-order chi connectivity index (χ1) is 9.69. The third-order valence-corrected chi connectivity index (χ3v) is 4.87. The van der Waals surface area contributed by atoms with E-state index >= 15 is 0 Å². The highest BCUT2D eigenvalue weighted by atomic mass is 16.2. The van der Waals surface area contributed by atoms with Gasteiger partial charge in [-0.3, -0.25) is 0 Å². The predicted molar refractivity (Wildman–Crippen MR) is 80.9 cm³/mol. The van der Waals surface area contributed by atoms with Crippen molar-refractivity contribution in [2.45, 2.75) is 25.7 Å². The highest BCUT2D eigenvalue weighted by Crippen LogP contribution is 2.42. The summed E-state index contributed by atoms with van der Waals surface area (Å²) in [6, 6.07) is 8.12. The molecule has 1 aromatic rings. The molecule has 3 fully saturated rings. The van der Waals surface area contributed by atoms with Crippen LogP contribution in [0.4, 0.5) is 10.5 Å². The Labute approximate surface area is 120 Å². The van der Waals surface area contributed by atoms with E-state index in [0.29, 0.717) is 5.41 Å². The lowest BCUT2D eigenvalue weighted by Crippen LogP contribution is -2.49. The molecule has 0 unspecified atom stereocenters. The summed E-state index contributed by atoms with van der Waals surface area (Å²) >= 11 is 0. The van der Waals surface area contributed by atoms with Gasteiger partial charge in [-0.1, -0.05) is 12.1 Å². The summed E-state index contributed by atoms with van der Waals surface area (Å²) < 4.78 is 0. The summed E-state index contributed by atoms with van der Waals surface area (Å²) in [6.45, 7) is 3.78. The molecule has 4 nitrogen and oxygen atoms in total. The van der Waals surface area contributed by atoms with Crippen molar-refractivity contribution in [1.82, 2.24) is 10.2 Å². The van der Waals surface area contributed by atoms with Crippen LogP contribution in [0.25, 0.3) is 0 Å². The third kappa shape index (κ3) is 2.80. The van der Waals surface area contributed by atoms with Gasteiger partial charge < -0.3 is 15.5 Å². The topological polar surface area (TPSA) is 44.4 Å². The van der Waals surface area contributed by atoms with Crippen molar-refractivity contribution in [3.63, 3.8) is 0 Å². The fourth-order valence-electron chi connectivity index (χ4n) is 3.55. The standard InChI is InChI=1S/C16H23N3O/c1-17-15(20)18-14-4-2-3-13(11-14)12-16-5-8-19(9-6-16)10-7-16/h2-4,11H,5-10,12H2,1H3,(H2,17,18,20). The number of hydrogen-bond acceptors (Lipinski definition) is 2. The molecular formula is C16H23N3O. The molecular weight excluding hydrogens is 250 g/mol. The summed E-state index contributed by atoms with van der Waals surface area (Å²) in [5.41, 5.74) is 2.72. The van der Waals surface area contributed by atoms with Gasteiger partial charge in [-0.25, -0.2) is 4.79 Å². The van der Waals surface area contributed by atoms with Crippen molar-refractivity contribution in [3.8, 4) is 0 Å². The molecule has 3 aliphatic heterocycles. The summed E-state index contributed by atoms with van der Waals surface area (Å²) in [5.74, 6) is 0. The molecule has 0 saturated carbocycles. The number of benzene rings is 1. The van der Waals surface area contributed by atoms with E-state index in [1.165, 1.54) is 44.5 Å². The maximum atomic E-state index is 11.4. The van der Waals surface area contributed by atoms with Crippen LogP contribution in [0.15, 0.2) is 24.3 Å². The van der Waals surface area contributed by atoms with Crippen molar-refractivity contribution >= 4 is 11.7 Å². The molecule has 20 heavy (non-hydrogen) atoms. The van der Waals surface area contributed by atoms with Crippen LogP contribution >= 0.6 is 0 Å². The summed E-state index contributed by atoms with van der Waals surface area (Å²) in [5, 5.41) is 5.44. The molecule has 108 valence electrons. The lowest BCUT2D eigenvalue weighted by molar-refractivity contribution is 0.0266. The maximum absolute atomic E-state index is 11.4. The minimum atomic E-state index is -0.161. The molecule has 4 heteroatoms. The van der Waals surface area contributed by atoms with E-state index in [1.54, 1.807) is 7.05 Å². The van der Waals surface area contributed by atoms with Crippen LogP contribution in [0, 0.1) is 5.41 Å². The number of carbonyl (C=O) groups is 1. The Hall–Kier alpha value is -1.55. The molecule has 3 heterocycles. The van der Waals surface area contributed by atoms with E-state index in [-0.39, 0.29) is 6.03 Å². The fourth-order valence-corrected chi connectivity index (χ4v) is 3.55. The monoisotopic (exact) mass is 273 g/mol. The first kappa shape index (κ1) is 13.4. The lowest BCUT2D eigenvalue weighted by atomic mass is 9.68. The molecule has 0 aliphatic carbocycles. The SMILES string of the molecule is CNC(=O)Nc1cccc(CC23CCN(CC2)CC3)c1. The van der Waals surface area contributed by atoms with Crippen LogP contribution in [0.5, 0.6) is 0 Å². The Morgan fingerprint density at radius 1 is 1.25 bits per heavy atom. The van der Waals surface area contributed by atoms with Crippen molar-refractivity contribution in [2.75, 3.05) is 32.0 Å². The van der Waals surface area contributed by atoms with Gasteiger partial charge in [-0.05, 0) is 68.4 Å². The molecule has 2 N–H and O–H groups in total. The molecule has 0 atom stereocenters. The fraction of sp³-hybridized carbons (Fsp3) is 0.562. The summed E-state index contributed by atoms with van der Waals surface area (Å²) in [6.07, 6.45) is 5.10. The summed E-state index contributed by atoms with van der Waals surface area (Å²) in [4.78, 5) is 14.0. The third-order valence-electron chi connectivity index (χ3n) is 4.87. The Morgan fingerprint density at radius 3 is 2.60 bits per heavy atom.